The average molecular weight is 268 g/mol. The van der Waals surface area contributed by atoms with Crippen LogP contribution in [0.1, 0.15) is 12.5 Å². The molecule has 0 spiro atoms. The fourth-order valence-electron chi connectivity index (χ4n) is 1.98. The molecule has 3 heteroatoms. The number of hydrogen-bond acceptors (Lipinski definition) is 1. The summed E-state index contributed by atoms with van der Waals surface area (Å²) >= 11 is 3.54. The van der Waals surface area contributed by atoms with Crippen molar-refractivity contribution in [3.8, 4) is 0 Å². The lowest BCUT2D eigenvalue weighted by Crippen LogP contribution is -2.03. The van der Waals surface area contributed by atoms with Crippen LogP contribution in [-0.2, 0) is 13.5 Å². The Morgan fingerprint density at radius 1 is 1.47 bits per heavy atom. The van der Waals surface area contributed by atoms with Gasteiger partial charge in [0.1, 0.15) is 0 Å². The van der Waals surface area contributed by atoms with E-state index in [0.717, 1.165) is 4.47 Å². The van der Waals surface area contributed by atoms with Gasteiger partial charge in [-0.25, -0.2) is 0 Å². The highest BCUT2D eigenvalue weighted by molar-refractivity contribution is 9.10. The minimum Gasteiger partial charge on any atom is -0.393 e. The maximum Gasteiger partial charge on any atom is 0.0624 e. The molecule has 1 unspecified atom stereocenters. The Hall–Kier alpha value is -0.800. The zero-order chi connectivity index (χ0) is 11.0. The minimum absolute atomic E-state index is 0.297. The predicted octanol–water partition coefficient (Wildman–Crippen LogP) is 2.86. The van der Waals surface area contributed by atoms with E-state index in [-0.39, 0.29) is 6.10 Å². The Kier molecular flexibility index (Phi) is 2.85. The molecule has 0 fully saturated rings. The third-order valence-corrected chi connectivity index (χ3v) is 3.19. The molecule has 1 heterocycles. The monoisotopic (exact) mass is 267 g/mol. The molecule has 0 bridgehead atoms. The van der Waals surface area contributed by atoms with Crippen LogP contribution in [0.2, 0.25) is 0 Å². The van der Waals surface area contributed by atoms with Gasteiger partial charge in [-0.3, -0.25) is 0 Å². The average Bonchev–Trinajstić information content (AvgIpc) is 2.44. The van der Waals surface area contributed by atoms with Gasteiger partial charge in [0.05, 0.1) is 11.6 Å². The molecular formula is C12H14BrNO. The molecule has 0 aliphatic heterocycles. The summed E-state index contributed by atoms with van der Waals surface area (Å²) in [6.07, 6.45) is 2.49. The van der Waals surface area contributed by atoms with Gasteiger partial charge >= 0.3 is 0 Å². The van der Waals surface area contributed by atoms with Crippen molar-refractivity contribution in [3.05, 3.63) is 34.4 Å². The molecule has 15 heavy (non-hydrogen) atoms. The fourth-order valence-corrected chi connectivity index (χ4v) is 2.63. The number of para-hydroxylation sites is 1. The first-order valence-electron chi connectivity index (χ1n) is 5.00. The number of benzene rings is 1. The molecule has 0 saturated heterocycles. The van der Waals surface area contributed by atoms with E-state index in [1.54, 1.807) is 0 Å². The predicted molar refractivity (Wildman–Crippen MR) is 66.0 cm³/mol. The minimum atomic E-state index is -0.297. The summed E-state index contributed by atoms with van der Waals surface area (Å²) in [5.41, 5.74) is 2.39. The van der Waals surface area contributed by atoms with Gasteiger partial charge in [-0.15, -0.1) is 0 Å². The second-order valence-electron chi connectivity index (χ2n) is 3.95. The van der Waals surface area contributed by atoms with Gasteiger partial charge in [-0.1, -0.05) is 12.1 Å². The van der Waals surface area contributed by atoms with Gasteiger partial charge in [0, 0.05) is 29.5 Å². The maximum absolute atomic E-state index is 9.42. The molecule has 0 radical (unpaired) electrons. The van der Waals surface area contributed by atoms with E-state index >= 15 is 0 Å². The summed E-state index contributed by atoms with van der Waals surface area (Å²) < 4.78 is 3.19. The van der Waals surface area contributed by atoms with Crippen LogP contribution in [0.5, 0.6) is 0 Å². The highest BCUT2D eigenvalue weighted by atomic mass is 79.9. The Labute approximate surface area is 97.7 Å². The van der Waals surface area contributed by atoms with Crippen molar-refractivity contribution < 1.29 is 5.11 Å². The number of nitrogens with zero attached hydrogens (tertiary/aromatic N) is 1. The third-order valence-electron chi connectivity index (χ3n) is 2.55. The number of aliphatic hydroxyl groups is 1. The van der Waals surface area contributed by atoms with Gasteiger partial charge in [0.25, 0.3) is 0 Å². The molecule has 1 atom stereocenters. The molecule has 2 nitrogen and oxygen atoms in total. The van der Waals surface area contributed by atoms with Crippen LogP contribution in [0.15, 0.2) is 28.9 Å². The fraction of sp³-hybridized carbons (Fsp3) is 0.333. The Bertz CT molecular complexity index is 488. The summed E-state index contributed by atoms with van der Waals surface area (Å²) in [6, 6.07) is 6.16. The molecule has 80 valence electrons. The Morgan fingerprint density at radius 3 is 2.87 bits per heavy atom. The molecular weight excluding hydrogens is 254 g/mol. The van der Waals surface area contributed by atoms with Gasteiger partial charge in [-0.05, 0) is 34.5 Å². The molecule has 1 N–H and O–H groups in total. The van der Waals surface area contributed by atoms with Crippen LogP contribution < -0.4 is 0 Å². The van der Waals surface area contributed by atoms with Crippen molar-refractivity contribution in [3.63, 3.8) is 0 Å². The molecule has 0 aliphatic carbocycles. The van der Waals surface area contributed by atoms with Crippen LogP contribution >= 0.6 is 15.9 Å². The zero-order valence-electron chi connectivity index (χ0n) is 8.87. The molecule has 0 saturated carbocycles. The van der Waals surface area contributed by atoms with E-state index in [9.17, 15) is 5.11 Å². The van der Waals surface area contributed by atoms with Gasteiger partial charge in [-0.2, -0.15) is 0 Å². The number of hydrogen-bond donors (Lipinski definition) is 1. The van der Waals surface area contributed by atoms with E-state index in [0.29, 0.717) is 6.42 Å². The number of fused-ring (bicyclic) bond motifs is 1. The highest BCUT2D eigenvalue weighted by Gasteiger charge is 2.10. The van der Waals surface area contributed by atoms with E-state index in [4.69, 9.17) is 0 Å². The molecule has 1 aromatic heterocycles. The standard InChI is InChI=1S/C12H14BrNO/c1-8(15)6-9-7-14(2)12-10(9)4-3-5-11(12)13/h3-5,7-8,15H,6H2,1-2H3. The lowest BCUT2D eigenvalue weighted by molar-refractivity contribution is 0.196. The van der Waals surface area contributed by atoms with Crippen molar-refractivity contribution in [1.82, 2.24) is 4.57 Å². The van der Waals surface area contributed by atoms with Gasteiger partial charge in [0.2, 0.25) is 0 Å². The first-order chi connectivity index (χ1) is 7.09. The van der Waals surface area contributed by atoms with Crippen LogP contribution in [0.25, 0.3) is 10.9 Å². The lowest BCUT2D eigenvalue weighted by Gasteiger charge is -2.02. The first-order valence-corrected chi connectivity index (χ1v) is 5.79. The van der Waals surface area contributed by atoms with E-state index in [1.165, 1.54) is 16.5 Å². The van der Waals surface area contributed by atoms with Crippen molar-refractivity contribution >= 4 is 26.8 Å². The molecule has 0 amide bonds. The SMILES string of the molecule is CC(O)Cc1cn(C)c2c(Br)cccc12. The van der Waals surface area contributed by atoms with Crippen molar-refractivity contribution in [2.24, 2.45) is 7.05 Å². The highest BCUT2D eigenvalue weighted by Crippen LogP contribution is 2.28. The molecule has 0 aliphatic rings. The maximum atomic E-state index is 9.42. The first kappa shape index (κ1) is 10.7. The Morgan fingerprint density at radius 2 is 2.20 bits per heavy atom. The van der Waals surface area contributed by atoms with Crippen LogP contribution in [0, 0.1) is 0 Å². The summed E-state index contributed by atoms with van der Waals surface area (Å²) in [5.74, 6) is 0. The largest absolute Gasteiger partial charge is 0.393 e. The molecule has 2 rings (SSSR count). The van der Waals surface area contributed by atoms with Crippen LogP contribution in [-0.4, -0.2) is 15.8 Å². The number of aliphatic hydroxyl groups excluding tert-OH is 1. The summed E-state index contributed by atoms with van der Waals surface area (Å²) in [4.78, 5) is 0. The summed E-state index contributed by atoms with van der Waals surface area (Å²) in [7, 11) is 2.03. The third kappa shape index (κ3) is 1.94. The second kappa shape index (κ2) is 3.99. The number of rotatable bonds is 2. The topological polar surface area (TPSA) is 25.2 Å². The normalized spacial score (nSPS) is 13.3. The smallest absolute Gasteiger partial charge is 0.0624 e. The quantitative estimate of drug-likeness (QED) is 0.890. The second-order valence-corrected chi connectivity index (χ2v) is 4.81. The summed E-state index contributed by atoms with van der Waals surface area (Å²) in [6.45, 7) is 1.82. The number of halogens is 1. The van der Waals surface area contributed by atoms with E-state index in [1.807, 2.05) is 26.1 Å². The van der Waals surface area contributed by atoms with Crippen LogP contribution in [0.3, 0.4) is 0 Å². The molecule has 1 aromatic carbocycles. The number of aryl methyl sites for hydroxylation is 1. The van der Waals surface area contributed by atoms with Crippen molar-refractivity contribution in [1.29, 1.82) is 0 Å². The van der Waals surface area contributed by atoms with E-state index < -0.39 is 0 Å². The van der Waals surface area contributed by atoms with E-state index in [2.05, 4.69) is 32.8 Å². The van der Waals surface area contributed by atoms with Crippen molar-refractivity contribution in [2.45, 2.75) is 19.4 Å². The van der Waals surface area contributed by atoms with Crippen LogP contribution in [0.4, 0.5) is 0 Å². The lowest BCUT2D eigenvalue weighted by atomic mass is 10.1. The zero-order valence-corrected chi connectivity index (χ0v) is 10.5. The summed E-state index contributed by atoms with van der Waals surface area (Å²) in [5, 5.41) is 10.6. The van der Waals surface area contributed by atoms with Gasteiger partial charge in [0.15, 0.2) is 0 Å². The molecule has 2 aromatic rings. The van der Waals surface area contributed by atoms with Gasteiger partial charge < -0.3 is 9.67 Å². The van der Waals surface area contributed by atoms with Crippen molar-refractivity contribution in [2.75, 3.05) is 0 Å². The Balaban J connectivity index is 2.63. The number of aromatic nitrogens is 1.